The Hall–Kier alpha value is -3.15. The van der Waals surface area contributed by atoms with Crippen LogP contribution in [0, 0.1) is 0 Å². The largest absolute Gasteiger partial charge is 0.497 e. The van der Waals surface area contributed by atoms with Crippen molar-refractivity contribution in [3.8, 4) is 17.1 Å². The number of carbonyl (C=O) groups is 1. The van der Waals surface area contributed by atoms with Crippen LogP contribution in [0.1, 0.15) is 15.9 Å². The summed E-state index contributed by atoms with van der Waals surface area (Å²) in [6.45, 7) is 0.639. The number of hydrogen-bond acceptors (Lipinski definition) is 5. The van der Waals surface area contributed by atoms with Gasteiger partial charge in [0.15, 0.2) is 5.82 Å². The lowest BCUT2D eigenvalue weighted by atomic mass is 10.1. The Morgan fingerprint density at radius 3 is 2.46 bits per heavy atom. The molecule has 0 saturated heterocycles. The summed E-state index contributed by atoms with van der Waals surface area (Å²) >= 11 is 0. The average Bonchev–Trinajstić information content (AvgIpc) is 3.01. The van der Waals surface area contributed by atoms with E-state index in [4.69, 9.17) is 4.74 Å². The number of nitrogens with one attached hydrogen (secondary N) is 1. The predicted octanol–water partition coefficient (Wildman–Crippen LogP) is 2.92. The summed E-state index contributed by atoms with van der Waals surface area (Å²) in [5, 5.41) is 7.68. The zero-order chi connectivity index (χ0) is 16.9. The van der Waals surface area contributed by atoms with Gasteiger partial charge >= 0.3 is 0 Å². The van der Waals surface area contributed by atoms with E-state index in [0.717, 1.165) is 23.2 Å². The maximum Gasteiger partial charge on any atom is 0.221 e. The van der Waals surface area contributed by atoms with Gasteiger partial charge in [0.05, 0.1) is 7.11 Å². The van der Waals surface area contributed by atoms with Crippen molar-refractivity contribution in [1.82, 2.24) is 14.8 Å². The highest BCUT2D eigenvalue weighted by Crippen LogP contribution is 2.18. The van der Waals surface area contributed by atoms with Crippen molar-refractivity contribution in [2.75, 3.05) is 12.4 Å². The Kier molecular flexibility index (Phi) is 4.56. The van der Waals surface area contributed by atoms with Crippen LogP contribution in [0.5, 0.6) is 5.75 Å². The van der Waals surface area contributed by atoms with Crippen molar-refractivity contribution in [1.29, 1.82) is 0 Å². The molecule has 0 atom stereocenters. The van der Waals surface area contributed by atoms with E-state index in [9.17, 15) is 4.79 Å². The Bertz CT molecular complexity index is 823. The summed E-state index contributed by atoms with van der Waals surface area (Å²) in [4.78, 5) is 15.2. The molecule has 0 spiro atoms. The van der Waals surface area contributed by atoms with Crippen LogP contribution in [0.15, 0.2) is 48.5 Å². The fourth-order valence-corrected chi connectivity index (χ4v) is 2.30. The molecule has 0 bridgehead atoms. The third kappa shape index (κ3) is 3.43. The van der Waals surface area contributed by atoms with Gasteiger partial charge in [-0.15, -0.1) is 5.10 Å². The van der Waals surface area contributed by atoms with E-state index in [1.54, 1.807) is 23.9 Å². The highest BCUT2D eigenvalue weighted by Gasteiger charge is 2.09. The van der Waals surface area contributed by atoms with E-state index in [2.05, 4.69) is 15.4 Å². The third-order valence-electron chi connectivity index (χ3n) is 3.68. The van der Waals surface area contributed by atoms with Gasteiger partial charge < -0.3 is 10.1 Å². The van der Waals surface area contributed by atoms with Gasteiger partial charge in [-0.2, -0.15) is 4.98 Å². The van der Waals surface area contributed by atoms with E-state index in [0.29, 0.717) is 23.9 Å². The highest BCUT2D eigenvalue weighted by molar-refractivity contribution is 5.76. The van der Waals surface area contributed by atoms with E-state index < -0.39 is 0 Å². The van der Waals surface area contributed by atoms with Crippen LogP contribution in [0.4, 0.5) is 5.95 Å². The first-order chi connectivity index (χ1) is 11.7. The topological polar surface area (TPSA) is 69.0 Å². The van der Waals surface area contributed by atoms with Gasteiger partial charge in [-0.05, 0) is 17.7 Å². The smallest absolute Gasteiger partial charge is 0.221 e. The maximum absolute atomic E-state index is 10.7. The van der Waals surface area contributed by atoms with Gasteiger partial charge in [-0.3, -0.25) is 4.79 Å². The van der Waals surface area contributed by atoms with Gasteiger partial charge in [-0.1, -0.05) is 36.4 Å². The fraction of sp³-hybridized carbons (Fsp3) is 0.167. The van der Waals surface area contributed by atoms with Gasteiger partial charge in [-0.25, -0.2) is 4.68 Å². The number of aryl methyl sites for hydroxylation is 1. The van der Waals surface area contributed by atoms with Crippen LogP contribution in [0.2, 0.25) is 0 Å². The zero-order valence-corrected chi connectivity index (χ0v) is 13.6. The zero-order valence-electron chi connectivity index (χ0n) is 13.6. The molecule has 0 amide bonds. The molecule has 0 aliphatic heterocycles. The molecule has 122 valence electrons. The third-order valence-corrected chi connectivity index (χ3v) is 3.68. The summed E-state index contributed by atoms with van der Waals surface area (Å²) in [7, 11) is 3.49. The molecule has 6 heteroatoms. The fourth-order valence-electron chi connectivity index (χ4n) is 2.30. The molecule has 0 saturated carbocycles. The predicted molar refractivity (Wildman–Crippen MR) is 92.1 cm³/mol. The minimum absolute atomic E-state index is 0.618. The van der Waals surface area contributed by atoms with E-state index >= 15 is 0 Å². The molecule has 0 aliphatic rings. The Morgan fingerprint density at radius 1 is 1.12 bits per heavy atom. The number of benzene rings is 2. The van der Waals surface area contributed by atoms with Crippen molar-refractivity contribution in [3.63, 3.8) is 0 Å². The van der Waals surface area contributed by atoms with E-state index in [1.807, 2.05) is 43.4 Å². The molecule has 0 unspecified atom stereocenters. The quantitative estimate of drug-likeness (QED) is 0.707. The minimum Gasteiger partial charge on any atom is -0.497 e. The van der Waals surface area contributed by atoms with Crippen LogP contribution >= 0.6 is 0 Å². The van der Waals surface area contributed by atoms with Crippen LogP contribution < -0.4 is 10.1 Å². The molecule has 1 aromatic heterocycles. The molecule has 3 aromatic rings. The second-order valence-electron chi connectivity index (χ2n) is 5.32. The van der Waals surface area contributed by atoms with Crippen molar-refractivity contribution in [2.45, 2.75) is 6.54 Å². The summed E-state index contributed by atoms with van der Waals surface area (Å²) < 4.78 is 6.85. The molecule has 6 nitrogen and oxygen atoms in total. The molecule has 2 aromatic carbocycles. The van der Waals surface area contributed by atoms with Crippen molar-refractivity contribution >= 4 is 12.2 Å². The summed E-state index contributed by atoms with van der Waals surface area (Å²) in [5.74, 6) is 2.13. The molecule has 0 radical (unpaired) electrons. The average molecular weight is 322 g/mol. The number of methoxy groups -OCH3 is 1. The molecule has 24 heavy (non-hydrogen) atoms. The highest BCUT2D eigenvalue weighted by atomic mass is 16.5. The van der Waals surface area contributed by atoms with Crippen LogP contribution in [0.25, 0.3) is 11.4 Å². The summed E-state index contributed by atoms with van der Waals surface area (Å²) in [6, 6.07) is 15.0. The standard InChI is InChI=1S/C18H18N4O2/c1-22-18(19-11-13-5-9-16(24-2)10-6-13)20-17(21-22)15-7-3-14(12-23)4-8-15/h3-10,12H,11H2,1-2H3,(H,19,20,21). The summed E-state index contributed by atoms with van der Waals surface area (Å²) in [5.41, 5.74) is 2.62. The number of anilines is 1. The normalized spacial score (nSPS) is 10.4. The molecule has 3 rings (SSSR count). The van der Waals surface area contributed by atoms with Crippen LogP contribution in [0.3, 0.4) is 0 Å². The molecular weight excluding hydrogens is 304 g/mol. The Labute approximate surface area is 140 Å². The number of nitrogens with zero attached hydrogens (tertiary/aromatic N) is 3. The Balaban J connectivity index is 1.72. The molecular formula is C18H18N4O2. The molecule has 0 fully saturated rings. The van der Waals surface area contributed by atoms with Crippen molar-refractivity contribution < 1.29 is 9.53 Å². The lowest BCUT2D eigenvalue weighted by molar-refractivity contribution is 0.112. The second kappa shape index (κ2) is 6.95. The maximum atomic E-state index is 10.7. The number of hydrogen-bond donors (Lipinski definition) is 1. The summed E-state index contributed by atoms with van der Waals surface area (Å²) in [6.07, 6.45) is 0.817. The number of ether oxygens (including phenoxy) is 1. The number of rotatable bonds is 6. The monoisotopic (exact) mass is 322 g/mol. The SMILES string of the molecule is COc1ccc(CNc2nc(-c3ccc(C=O)cc3)nn2C)cc1. The van der Waals surface area contributed by atoms with Gasteiger partial charge in [0.1, 0.15) is 12.0 Å². The van der Waals surface area contributed by atoms with Crippen molar-refractivity contribution in [2.24, 2.45) is 7.05 Å². The van der Waals surface area contributed by atoms with Gasteiger partial charge in [0, 0.05) is 24.7 Å². The Morgan fingerprint density at radius 2 is 1.83 bits per heavy atom. The van der Waals surface area contributed by atoms with Crippen LogP contribution in [-0.2, 0) is 13.6 Å². The van der Waals surface area contributed by atoms with Gasteiger partial charge in [0.25, 0.3) is 0 Å². The molecule has 1 N–H and O–H groups in total. The lowest BCUT2D eigenvalue weighted by Crippen LogP contribution is -2.05. The van der Waals surface area contributed by atoms with Crippen LogP contribution in [-0.4, -0.2) is 28.2 Å². The first-order valence-corrected chi connectivity index (χ1v) is 7.53. The minimum atomic E-state index is 0.618. The number of aldehydes is 1. The first-order valence-electron chi connectivity index (χ1n) is 7.53. The number of aromatic nitrogens is 3. The second-order valence-corrected chi connectivity index (χ2v) is 5.32. The van der Waals surface area contributed by atoms with E-state index in [-0.39, 0.29) is 0 Å². The number of carbonyl (C=O) groups excluding carboxylic acids is 1. The lowest BCUT2D eigenvalue weighted by Gasteiger charge is -2.05. The van der Waals surface area contributed by atoms with E-state index in [1.165, 1.54) is 0 Å². The molecule has 1 heterocycles. The first kappa shape index (κ1) is 15.7. The molecule has 0 aliphatic carbocycles. The van der Waals surface area contributed by atoms with Gasteiger partial charge in [0.2, 0.25) is 5.95 Å². The van der Waals surface area contributed by atoms with Crippen molar-refractivity contribution in [3.05, 3.63) is 59.7 Å².